The van der Waals surface area contributed by atoms with Crippen LogP contribution in [0.25, 0.3) is 0 Å². The van der Waals surface area contributed by atoms with Crippen molar-refractivity contribution in [2.45, 2.75) is 0 Å². The molecule has 5 nitrogen and oxygen atoms in total. The van der Waals surface area contributed by atoms with Gasteiger partial charge in [0.15, 0.2) is 0 Å². The van der Waals surface area contributed by atoms with Crippen LogP contribution in [0.1, 0.15) is 0 Å². The number of hydrogen-bond donors (Lipinski definition) is 1. The molecule has 0 aromatic heterocycles. The van der Waals surface area contributed by atoms with Gasteiger partial charge >= 0.3 is 11.9 Å². The summed E-state index contributed by atoms with van der Waals surface area (Å²) in [4.78, 5) is 20.6. The number of esters is 1. The average Bonchev–Trinajstić information content (AvgIpc) is 2.09. The summed E-state index contributed by atoms with van der Waals surface area (Å²) in [5.41, 5.74) is 0. The zero-order chi connectivity index (χ0) is 10.1. The molecule has 0 spiro atoms. The highest BCUT2D eigenvalue weighted by molar-refractivity contribution is 5.90. The van der Waals surface area contributed by atoms with Crippen LogP contribution in [0.2, 0.25) is 0 Å². The van der Waals surface area contributed by atoms with Gasteiger partial charge < -0.3 is 14.6 Å². The third kappa shape index (κ3) is 8.12. The van der Waals surface area contributed by atoms with Crippen molar-refractivity contribution in [1.29, 1.82) is 0 Å². The minimum Gasteiger partial charge on any atom is -0.498 e. The third-order valence-corrected chi connectivity index (χ3v) is 0.925. The van der Waals surface area contributed by atoms with E-state index in [4.69, 9.17) is 5.11 Å². The Morgan fingerprint density at radius 2 is 2.00 bits per heavy atom. The molecule has 1 N–H and O–H groups in total. The Kier molecular flexibility index (Phi) is 5.96. The first-order valence-electron chi connectivity index (χ1n) is 3.47. The lowest BCUT2D eigenvalue weighted by atomic mass is 10.5. The van der Waals surface area contributed by atoms with Gasteiger partial charge in [-0.15, -0.1) is 0 Å². The topological polar surface area (TPSA) is 72.8 Å². The number of carbonyl (C=O) groups is 2. The molecule has 0 fully saturated rings. The van der Waals surface area contributed by atoms with E-state index in [0.29, 0.717) is 6.08 Å². The van der Waals surface area contributed by atoms with E-state index in [0.717, 1.165) is 6.08 Å². The first-order chi connectivity index (χ1) is 6.16. The maximum atomic E-state index is 10.7. The van der Waals surface area contributed by atoms with Crippen molar-refractivity contribution in [3.63, 3.8) is 0 Å². The quantitative estimate of drug-likeness (QED) is 0.280. The van der Waals surface area contributed by atoms with Gasteiger partial charge in [0.25, 0.3) is 0 Å². The van der Waals surface area contributed by atoms with E-state index in [1.54, 1.807) is 0 Å². The molecule has 0 unspecified atom stereocenters. The van der Waals surface area contributed by atoms with Crippen molar-refractivity contribution in [3.05, 3.63) is 25.0 Å². The van der Waals surface area contributed by atoms with Gasteiger partial charge in [-0.1, -0.05) is 6.58 Å². The van der Waals surface area contributed by atoms with Gasteiger partial charge in [0, 0.05) is 12.2 Å². The summed E-state index contributed by atoms with van der Waals surface area (Å²) in [6.45, 7) is 3.55. The lowest BCUT2D eigenvalue weighted by Gasteiger charge is -2.00. The summed E-state index contributed by atoms with van der Waals surface area (Å²) in [5, 5.41) is 8.14. The number of ether oxygens (including phenoxy) is 2. The molecular formula is C8H10O5. The van der Waals surface area contributed by atoms with Crippen molar-refractivity contribution in [3.8, 4) is 0 Å². The Bertz CT molecular complexity index is 219. The Labute approximate surface area is 75.3 Å². The van der Waals surface area contributed by atoms with E-state index in [1.165, 1.54) is 6.26 Å². The van der Waals surface area contributed by atoms with Gasteiger partial charge in [0.2, 0.25) is 0 Å². The van der Waals surface area contributed by atoms with E-state index < -0.39 is 11.9 Å². The Balaban J connectivity index is 3.51. The van der Waals surface area contributed by atoms with Crippen molar-refractivity contribution < 1.29 is 24.2 Å². The van der Waals surface area contributed by atoms with Crippen LogP contribution in [0.5, 0.6) is 0 Å². The van der Waals surface area contributed by atoms with Crippen molar-refractivity contribution in [2.24, 2.45) is 0 Å². The Morgan fingerprint density at radius 1 is 1.31 bits per heavy atom. The van der Waals surface area contributed by atoms with Crippen LogP contribution in [0.4, 0.5) is 0 Å². The number of rotatable bonds is 6. The number of aliphatic carboxylic acids is 1. The third-order valence-electron chi connectivity index (χ3n) is 0.925. The minimum absolute atomic E-state index is 0.0643. The average molecular weight is 186 g/mol. The van der Waals surface area contributed by atoms with E-state index in [1.807, 2.05) is 0 Å². The van der Waals surface area contributed by atoms with Crippen LogP contribution >= 0.6 is 0 Å². The summed E-state index contributed by atoms with van der Waals surface area (Å²) >= 11 is 0. The lowest BCUT2D eigenvalue weighted by Crippen LogP contribution is -2.07. The smallest absolute Gasteiger partial charge is 0.331 e. The molecule has 0 aromatic rings. The number of carboxylic acids is 1. The predicted octanol–water partition coefficient (Wildman–Crippen LogP) is 0.330. The molecule has 0 rings (SSSR count). The molecule has 0 heterocycles. The van der Waals surface area contributed by atoms with E-state index in [-0.39, 0.29) is 13.2 Å². The van der Waals surface area contributed by atoms with Gasteiger partial charge in [0.05, 0.1) is 6.26 Å². The molecule has 0 aliphatic carbocycles. The van der Waals surface area contributed by atoms with Crippen molar-refractivity contribution in [2.75, 3.05) is 13.2 Å². The van der Waals surface area contributed by atoms with Gasteiger partial charge in [-0.2, -0.15) is 0 Å². The fraction of sp³-hybridized carbons (Fsp3) is 0.250. The lowest BCUT2D eigenvalue weighted by molar-refractivity contribution is -0.139. The molecule has 72 valence electrons. The number of carboxylic acid groups (broad SMARTS) is 1. The van der Waals surface area contributed by atoms with Crippen LogP contribution < -0.4 is 0 Å². The zero-order valence-corrected chi connectivity index (χ0v) is 6.93. The van der Waals surface area contributed by atoms with Crippen LogP contribution in [-0.4, -0.2) is 30.3 Å². The first kappa shape index (κ1) is 11.2. The van der Waals surface area contributed by atoms with Gasteiger partial charge in [-0.05, 0) is 0 Å². The molecule has 0 saturated heterocycles. The molecule has 13 heavy (non-hydrogen) atoms. The molecule has 0 aliphatic rings. The minimum atomic E-state index is -1.20. The van der Waals surface area contributed by atoms with Crippen LogP contribution in [0, 0.1) is 0 Å². The zero-order valence-electron chi connectivity index (χ0n) is 6.93. The fourth-order valence-corrected chi connectivity index (χ4v) is 0.461. The standard InChI is InChI=1S/C8H10O5/c1-2-12-5-6-13-8(11)4-3-7(9)10/h2-4H,1,5-6H2,(H,9,10)/b4-3+. The van der Waals surface area contributed by atoms with Crippen LogP contribution in [0.15, 0.2) is 25.0 Å². The Morgan fingerprint density at radius 3 is 2.54 bits per heavy atom. The molecule has 0 bridgehead atoms. The predicted molar refractivity (Wildman–Crippen MR) is 43.9 cm³/mol. The highest BCUT2D eigenvalue weighted by Gasteiger charge is 1.96. The second-order valence-corrected chi connectivity index (χ2v) is 1.88. The first-order valence-corrected chi connectivity index (χ1v) is 3.47. The molecule has 0 aliphatic heterocycles. The number of hydrogen-bond acceptors (Lipinski definition) is 4. The monoisotopic (exact) mass is 186 g/mol. The molecule has 0 saturated carbocycles. The molecular weight excluding hydrogens is 176 g/mol. The van der Waals surface area contributed by atoms with Crippen molar-refractivity contribution >= 4 is 11.9 Å². The second-order valence-electron chi connectivity index (χ2n) is 1.88. The highest BCUT2D eigenvalue weighted by Crippen LogP contribution is 1.83. The molecule has 0 atom stereocenters. The maximum absolute atomic E-state index is 10.7. The SMILES string of the molecule is C=COCCOC(=O)/C=C/C(=O)O. The van der Waals surface area contributed by atoms with Gasteiger partial charge in [-0.25, -0.2) is 9.59 Å². The summed E-state index contributed by atoms with van der Waals surface area (Å²) in [5.74, 6) is -1.91. The highest BCUT2D eigenvalue weighted by atomic mass is 16.6. The number of carbonyl (C=O) groups excluding carboxylic acids is 1. The molecule has 5 heteroatoms. The van der Waals surface area contributed by atoms with E-state index >= 15 is 0 Å². The fourth-order valence-electron chi connectivity index (χ4n) is 0.461. The molecule has 0 amide bonds. The molecule has 0 radical (unpaired) electrons. The van der Waals surface area contributed by atoms with E-state index in [9.17, 15) is 9.59 Å². The molecule has 0 aromatic carbocycles. The summed E-state index contributed by atoms with van der Waals surface area (Å²) in [7, 11) is 0. The van der Waals surface area contributed by atoms with Gasteiger partial charge in [0.1, 0.15) is 13.2 Å². The Hall–Kier alpha value is -1.78. The van der Waals surface area contributed by atoms with E-state index in [2.05, 4.69) is 16.1 Å². The maximum Gasteiger partial charge on any atom is 0.331 e. The van der Waals surface area contributed by atoms with Crippen molar-refractivity contribution in [1.82, 2.24) is 0 Å². The largest absolute Gasteiger partial charge is 0.498 e. The van der Waals surface area contributed by atoms with Crippen LogP contribution in [-0.2, 0) is 19.1 Å². The van der Waals surface area contributed by atoms with Gasteiger partial charge in [-0.3, -0.25) is 0 Å². The summed E-state index contributed by atoms with van der Waals surface area (Å²) in [6, 6.07) is 0. The second kappa shape index (κ2) is 6.90. The summed E-state index contributed by atoms with van der Waals surface area (Å²) < 4.78 is 9.19. The van der Waals surface area contributed by atoms with Crippen LogP contribution in [0.3, 0.4) is 0 Å². The normalized spacial score (nSPS) is 9.54. The summed E-state index contributed by atoms with van der Waals surface area (Å²) in [6.07, 6.45) is 2.76.